The van der Waals surface area contributed by atoms with Gasteiger partial charge in [-0.15, -0.1) is 0 Å². The van der Waals surface area contributed by atoms with E-state index in [1.165, 1.54) is 0 Å². The lowest BCUT2D eigenvalue weighted by molar-refractivity contribution is 0.205. The first kappa shape index (κ1) is 13.9. The van der Waals surface area contributed by atoms with Crippen molar-refractivity contribution in [1.29, 1.82) is 0 Å². The molecule has 0 saturated carbocycles. The highest BCUT2D eigenvalue weighted by Gasteiger charge is 2.06. The normalized spacial score (nSPS) is 10.5. The Bertz CT molecular complexity index is 319. The molecule has 1 rings (SSSR count). The molecule has 0 atom stereocenters. The highest BCUT2D eigenvalue weighted by molar-refractivity contribution is 5.35. The van der Waals surface area contributed by atoms with Gasteiger partial charge in [0, 0.05) is 32.9 Å². The maximum atomic E-state index is 5.09. The molecular weight excluding hydrogens is 216 g/mol. The summed E-state index contributed by atoms with van der Waals surface area (Å²) >= 11 is 0. The molecule has 96 valence electrons. The van der Waals surface area contributed by atoms with Crippen molar-refractivity contribution < 1.29 is 4.74 Å². The molecule has 1 N–H and O–H groups in total. The molecule has 0 bridgehead atoms. The predicted octanol–water partition coefficient (Wildman–Crippen LogP) is 1.06. The van der Waals surface area contributed by atoms with Crippen LogP contribution < -0.4 is 10.2 Å². The van der Waals surface area contributed by atoms with Crippen LogP contribution in [0, 0.1) is 0 Å². The van der Waals surface area contributed by atoms with Gasteiger partial charge in [0.15, 0.2) is 0 Å². The number of likely N-dealkylation sites (N-methyl/N-ethyl adjacent to an activating group) is 1. The van der Waals surface area contributed by atoms with Gasteiger partial charge in [0.25, 0.3) is 0 Å². The number of aromatic nitrogens is 2. The van der Waals surface area contributed by atoms with Crippen LogP contribution in [0.25, 0.3) is 0 Å². The van der Waals surface area contributed by atoms with Gasteiger partial charge in [0.05, 0.1) is 18.5 Å². The van der Waals surface area contributed by atoms with Crippen LogP contribution in [0.3, 0.4) is 0 Å². The van der Waals surface area contributed by atoms with Crippen molar-refractivity contribution in [1.82, 2.24) is 15.3 Å². The molecule has 0 aliphatic rings. The van der Waals surface area contributed by atoms with Crippen LogP contribution in [-0.4, -0.2) is 43.3 Å². The molecule has 5 nitrogen and oxygen atoms in total. The molecule has 0 aliphatic carbocycles. The number of anilines is 1. The van der Waals surface area contributed by atoms with Gasteiger partial charge in [-0.05, 0) is 13.5 Å². The predicted molar refractivity (Wildman–Crippen MR) is 69.2 cm³/mol. The summed E-state index contributed by atoms with van der Waals surface area (Å²) in [6.45, 7) is 8.33. The van der Waals surface area contributed by atoms with Crippen LogP contribution in [0.15, 0.2) is 12.4 Å². The molecule has 17 heavy (non-hydrogen) atoms. The Morgan fingerprint density at radius 3 is 2.82 bits per heavy atom. The van der Waals surface area contributed by atoms with E-state index >= 15 is 0 Å². The molecule has 0 amide bonds. The van der Waals surface area contributed by atoms with Crippen LogP contribution in [-0.2, 0) is 11.3 Å². The molecule has 1 aromatic heterocycles. The highest BCUT2D eigenvalue weighted by atomic mass is 16.5. The molecular formula is C12H22N4O. The smallest absolute Gasteiger partial charge is 0.147 e. The van der Waals surface area contributed by atoms with E-state index in [4.69, 9.17) is 4.74 Å². The summed E-state index contributed by atoms with van der Waals surface area (Å²) in [5, 5.41) is 3.25. The van der Waals surface area contributed by atoms with Crippen LogP contribution in [0.2, 0.25) is 0 Å². The first-order chi connectivity index (χ1) is 8.31. The second-order valence-electron chi connectivity index (χ2n) is 3.72. The molecule has 0 fully saturated rings. The Kier molecular flexibility index (Phi) is 6.50. The summed E-state index contributed by atoms with van der Waals surface area (Å²) in [6.07, 6.45) is 3.60. The lowest BCUT2D eigenvalue weighted by Gasteiger charge is -2.21. The number of hydrogen-bond acceptors (Lipinski definition) is 5. The van der Waals surface area contributed by atoms with Gasteiger partial charge >= 0.3 is 0 Å². The number of nitrogens with one attached hydrogen (secondary N) is 1. The number of ether oxygens (including phenoxy) is 1. The van der Waals surface area contributed by atoms with Gasteiger partial charge in [-0.1, -0.05) is 6.92 Å². The molecule has 1 heterocycles. The van der Waals surface area contributed by atoms with Crippen molar-refractivity contribution in [2.45, 2.75) is 20.4 Å². The molecule has 0 unspecified atom stereocenters. The fraction of sp³-hybridized carbons (Fsp3) is 0.667. The average Bonchev–Trinajstić information content (AvgIpc) is 2.38. The van der Waals surface area contributed by atoms with E-state index in [0.717, 1.165) is 37.7 Å². The van der Waals surface area contributed by atoms with Crippen molar-refractivity contribution in [3.05, 3.63) is 18.1 Å². The Morgan fingerprint density at radius 1 is 1.35 bits per heavy atom. The number of rotatable bonds is 8. The monoisotopic (exact) mass is 238 g/mol. The van der Waals surface area contributed by atoms with E-state index < -0.39 is 0 Å². The largest absolute Gasteiger partial charge is 0.383 e. The van der Waals surface area contributed by atoms with E-state index in [-0.39, 0.29) is 0 Å². The Morgan fingerprint density at radius 2 is 2.18 bits per heavy atom. The zero-order valence-corrected chi connectivity index (χ0v) is 10.9. The summed E-state index contributed by atoms with van der Waals surface area (Å²) in [4.78, 5) is 11.0. The summed E-state index contributed by atoms with van der Waals surface area (Å²) in [5.74, 6) is 0.917. The minimum Gasteiger partial charge on any atom is -0.383 e. The minimum atomic E-state index is 0.701. The van der Waals surface area contributed by atoms with Crippen LogP contribution in [0.5, 0.6) is 0 Å². The van der Waals surface area contributed by atoms with Crippen molar-refractivity contribution >= 4 is 5.82 Å². The topological polar surface area (TPSA) is 50.3 Å². The molecule has 0 spiro atoms. The molecule has 0 radical (unpaired) electrons. The second-order valence-corrected chi connectivity index (χ2v) is 3.72. The van der Waals surface area contributed by atoms with Gasteiger partial charge in [-0.2, -0.15) is 0 Å². The summed E-state index contributed by atoms with van der Waals surface area (Å²) < 4.78 is 5.09. The Labute approximate surface area is 103 Å². The summed E-state index contributed by atoms with van der Waals surface area (Å²) in [6, 6.07) is 0. The van der Waals surface area contributed by atoms with Crippen molar-refractivity contribution in [3.63, 3.8) is 0 Å². The van der Waals surface area contributed by atoms with Crippen LogP contribution in [0.1, 0.15) is 19.5 Å². The quantitative estimate of drug-likeness (QED) is 0.734. The van der Waals surface area contributed by atoms with Crippen molar-refractivity contribution in [2.24, 2.45) is 0 Å². The van der Waals surface area contributed by atoms with E-state index in [1.807, 2.05) is 0 Å². The van der Waals surface area contributed by atoms with E-state index in [2.05, 4.69) is 34.0 Å². The van der Waals surface area contributed by atoms with Crippen LogP contribution >= 0.6 is 0 Å². The van der Waals surface area contributed by atoms with E-state index in [0.29, 0.717) is 6.61 Å². The number of methoxy groups -OCH3 is 1. The maximum absolute atomic E-state index is 5.09. The van der Waals surface area contributed by atoms with E-state index in [9.17, 15) is 0 Å². The van der Waals surface area contributed by atoms with Gasteiger partial charge in [-0.3, -0.25) is 4.98 Å². The Hall–Kier alpha value is -1.20. The van der Waals surface area contributed by atoms with E-state index in [1.54, 1.807) is 19.5 Å². The summed E-state index contributed by atoms with van der Waals surface area (Å²) in [5.41, 5.74) is 0.972. The lowest BCUT2D eigenvalue weighted by Crippen LogP contribution is -2.28. The van der Waals surface area contributed by atoms with Gasteiger partial charge in [0.2, 0.25) is 0 Å². The molecule has 5 heteroatoms. The fourth-order valence-corrected chi connectivity index (χ4v) is 1.52. The maximum Gasteiger partial charge on any atom is 0.147 e. The summed E-state index contributed by atoms with van der Waals surface area (Å²) in [7, 11) is 1.71. The van der Waals surface area contributed by atoms with Crippen molar-refractivity contribution in [3.8, 4) is 0 Å². The zero-order chi connectivity index (χ0) is 12.5. The third-order valence-corrected chi connectivity index (χ3v) is 2.50. The molecule has 0 aromatic carbocycles. The number of nitrogens with zero attached hydrogens (tertiary/aromatic N) is 3. The van der Waals surface area contributed by atoms with Gasteiger partial charge in [-0.25, -0.2) is 4.98 Å². The number of hydrogen-bond donors (Lipinski definition) is 1. The van der Waals surface area contributed by atoms with Gasteiger partial charge < -0.3 is 15.0 Å². The first-order valence-electron chi connectivity index (χ1n) is 6.07. The lowest BCUT2D eigenvalue weighted by atomic mass is 10.4. The fourth-order valence-electron chi connectivity index (χ4n) is 1.52. The van der Waals surface area contributed by atoms with Crippen LogP contribution in [0.4, 0.5) is 5.82 Å². The molecule has 0 aliphatic heterocycles. The van der Waals surface area contributed by atoms with Gasteiger partial charge in [0.1, 0.15) is 5.82 Å². The average molecular weight is 238 g/mol. The Balaban J connectivity index is 2.66. The molecule has 1 aromatic rings. The molecule has 0 saturated heterocycles. The third-order valence-electron chi connectivity index (χ3n) is 2.50. The highest BCUT2D eigenvalue weighted by Crippen LogP contribution is 2.09. The van der Waals surface area contributed by atoms with Crippen molar-refractivity contribution in [2.75, 3.05) is 38.3 Å². The second kappa shape index (κ2) is 7.97. The standard InChI is InChI=1S/C12H22N4O/c1-4-13-8-11-9-14-10-12(15-11)16(5-2)6-7-17-3/h9-10,13H,4-8H2,1-3H3. The zero-order valence-electron chi connectivity index (χ0n) is 10.9. The minimum absolute atomic E-state index is 0.701. The first-order valence-corrected chi connectivity index (χ1v) is 6.07. The third kappa shape index (κ3) is 4.66. The SMILES string of the molecule is CCNCc1cncc(N(CC)CCOC)n1.